The van der Waals surface area contributed by atoms with Crippen molar-refractivity contribution in [1.82, 2.24) is 4.90 Å². The summed E-state index contributed by atoms with van der Waals surface area (Å²) in [5, 5.41) is 2.94. The third-order valence-corrected chi connectivity index (χ3v) is 7.93. The second-order valence-corrected chi connectivity index (χ2v) is 10.8. The molecule has 3 aromatic carbocycles. The molecule has 4 rings (SSSR count). The van der Waals surface area contributed by atoms with Crippen LogP contribution in [0.25, 0.3) is 0 Å². The second kappa shape index (κ2) is 9.90. The Morgan fingerprint density at radius 2 is 1.68 bits per heavy atom. The molecule has 9 heteroatoms. The number of rotatable bonds is 6. The van der Waals surface area contributed by atoms with Crippen molar-refractivity contribution >= 4 is 45.0 Å². The van der Waals surface area contributed by atoms with Crippen LogP contribution in [-0.2, 0) is 14.8 Å². The summed E-state index contributed by atoms with van der Waals surface area (Å²) < 4.78 is 27.5. The number of carbonyl (C=O) groups excluding carboxylic acids is 2. The molecule has 1 saturated heterocycles. The van der Waals surface area contributed by atoms with E-state index in [1.165, 1.54) is 23.9 Å². The van der Waals surface area contributed by atoms with Crippen molar-refractivity contribution in [2.45, 2.75) is 24.8 Å². The van der Waals surface area contributed by atoms with Crippen molar-refractivity contribution < 1.29 is 18.0 Å². The van der Waals surface area contributed by atoms with Crippen LogP contribution >= 0.6 is 11.8 Å². The largest absolute Gasteiger partial charge is 0.324 e. The van der Waals surface area contributed by atoms with Crippen molar-refractivity contribution in [2.24, 2.45) is 0 Å². The van der Waals surface area contributed by atoms with Gasteiger partial charge in [0, 0.05) is 22.7 Å². The maximum Gasteiger partial charge on any atom is 0.261 e. The minimum Gasteiger partial charge on any atom is -0.324 e. The number of anilines is 2. The molecule has 3 aromatic rings. The zero-order valence-corrected chi connectivity index (χ0v) is 20.4. The number of benzene rings is 3. The monoisotopic (exact) mass is 495 g/mol. The number of sulfonamides is 1. The number of amides is 2. The van der Waals surface area contributed by atoms with E-state index in [2.05, 4.69) is 10.0 Å². The van der Waals surface area contributed by atoms with Gasteiger partial charge < -0.3 is 10.2 Å². The van der Waals surface area contributed by atoms with E-state index >= 15 is 0 Å². The Kier molecular flexibility index (Phi) is 6.95. The van der Waals surface area contributed by atoms with Gasteiger partial charge in [-0.3, -0.25) is 14.3 Å². The zero-order chi connectivity index (χ0) is 24.3. The number of carbonyl (C=O) groups is 2. The van der Waals surface area contributed by atoms with E-state index in [-0.39, 0.29) is 16.7 Å². The number of nitrogens with one attached hydrogen (secondary N) is 2. The molecule has 2 N–H and O–H groups in total. The lowest BCUT2D eigenvalue weighted by Crippen LogP contribution is -2.44. The van der Waals surface area contributed by atoms with Crippen molar-refractivity contribution in [3.05, 3.63) is 89.5 Å². The molecule has 1 unspecified atom stereocenters. The summed E-state index contributed by atoms with van der Waals surface area (Å²) in [5.74, 6) is 0.421. The van der Waals surface area contributed by atoms with Gasteiger partial charge in [-0.05, 0) is 61.9 Å². The number of hydrogen-bond donors (Lipinski definition) is 2. The molecule has 1 aliphatic rings. The summed E-state index contributed by atoms with van der Waals surface area (Å²) in [6.07, 6.45) is 0. The van der Waals surface area contributed by atoms with E-state index in [9.17, 15) is 18.0 Å². The SMILES string of the molecule is Cc1ccc(NC(=O)C2CSCN2C(=O)c2ccc(NS(=O)(=O)c3ccccc3)cc2)c(C)c1. The van der Waals surface area contributed by atoms with Crippen LogP contribution in [0, 0.1) is 13.8 Å². The van der Waals surface area contributed by atoms with Crippen molar-refractivity contribution in [2.75, 3.05) is 21.7 Å². The van der Waals surface area contributed by atoms with Crippen molar-refractivity contribution in [1.29, 1.82) is 0 Å². The van der Waals surface area contributed by atoms with E-state index in [0.717, 1.165) is 16.8 Å². The summed E-state index contributed by atoms with van der Waals surface area (Å²) in [6, 6.07) is 19.5. The predicted octanol–water partition coefficient (Wildman–Crippen LogP) is 4.26. The van der Waals surface area contributed by atoms with Gasteiger partial charge in [0.2, 0.25) is 5.91 Å². The van der Waals surface area contributed by atoms with Gasteiger partial charge in [0.15, 0.2) is 0 Å². The van der Waals surface area contributed by atoms with E-state index in [1.54, 1.807) is 47.4 Å². The van der Waals surface area contributed by atoms with E-state index in [1.807, 2.05) is 32.0 Å². The number of thioether (sulfide) groups is 1. The highest BCUT2D eigenvalue weighted by molar-refractivity contribution is 7.99. The third-order valence-electron chi connectivity index (χ3n) is 5.52. The van der Waals surface area contributed by atoms with Gasteiger partial charge >= 0.3 is 0 Å². The van der Waals surface area contributed by atoms with Gasteiger partial charge in [-0.2, -0.15) is 0 Å². The molecule has 176 valence electrons. The van der Waals surface area contributed by atoms with Crippen LogP contribution in [0.15, 0.2) is 77.7 Å². The molecule has 1 aliphatic heterocycles. The quantitative estimate of drug-likeness (QED) is 0.533. The first-order chi connectivity index (χ1) is 16.2. The van der Waals surface area contributed by atoms with Crippen molar-refractivity contribution in [3.8, 4) is 0 Å². The van der Waals surface area contributed by atoms with Gasteiger partial charge in [0.1, 0.15) is 6.04 Å². The average molecular weight is 496 g/mol. The van der Waals surface area contributed by atoms with Gasteiger partial charge in [-0.1, -0.05) is 35.9 Å². The standard InChI is InChI=1S/C25H25N3O4S2/c1-17-8-13-22(18(2)14-17)26-24(29)23-15-33-16-28(23)25(30)19-9-11-20(12-10-19)27-34(31,32)21-6-4-3-5-7-21/h3-14,23,27H,15-16H2,1-2H3,(H,26,29). The summed E-state index contributed by atoms with van der Waals surface area (Å²) in [7, 11) is -3.72. The van der Waals surface area contributed by atoms with Crippen LogP contribution < -0.4 is 10.0 Å². The lowest BCUT2D eigenvalue weighted by atomic mass is 10.1. The molecule has 0 spiro atoms. The molecule has 0 aliphatic carbocycles. The number of hydrogen-bond acceptors (Lipinski definition) is 5. The molecule has 2 amide bonds. The highest BCUT2D eigenvalue weighted by atomic mass is 32.2. The summed E-state index contributed by atoms with van der Waals surface area (Å²) in [4.78, 5) is 27.8. The van der Waals surface area contributed by atoms with Gasteiger partial charge in [-0.15, -0.1) is 11.8 Å². The highest BCUT2D eigenvalue weighted by Crippen LogP contribution is 2.26. The number of aryl methyl sites for hydroxylation is 2. The van der Waals surface area contributed by atoms with Crippen molar-refractivity contribution in [3.63, 3.8) is 0 Å². The molecule has 0 radical (unpaired) electrons. The summed E-state index contributed by atoms with van der Waals surface area (Å²) in [6.45, 7) is 3.92. The molecular formula is C25H25N3O4S2. The Balaban J connectivity index is 1.45. The van der Waals surface area contributed by atoms with Crippen LogP contribution in [0.1, 0.15) is 21.5 Å². The topological polar surface area (TPSA) is 95.6 Å². The average Bonchev–Trinajstić information content (AvgIpc) is 3.31. The smallest absolute Gasteiger partial charge is 0.261 e. The van der Waals surface area contributed by atoms with Crippen LogP contribution in [-0.4, -0.2) is 42.8 Å². The minimum atomic E-state index is -3.72. The Hall–Kier alpha value is -3.30. The maximum absolute atomic E-state index is 13.1. The van der Waals surface area contributed by atoms with E-state index in [4.69, 9.17) is 0 Å². The van der Waals surface area contributed by atoms with Crippen LogP contribution in [0.4, 0.5) is 11.4 Å². The fourth-order valence-corrected chi connectivity index (χ4v) is 5.92. The Morgan fingerprint density at radius 3 is 2.35 bits per heavy atom. The zero-order valence-electron chi connectivity index (χ0n) is 18.8. The third kappa shape index (κ3) is 5.26. The van der Waals surface area contributed by atoms with Gasteiger partial charge in [0.25, 0.3) is 15.9 Å². The second-order valence-electron chi connectivity index (χ2n) is 8.09. The van der Waals surface area contributed by atoms with Crippen LogP contribution in [0.3, 0.4) is 0 Å². The molecule has 0 bridgehead atoms. The fraction of sp³-hybridized carbons (Fsp3) is 0.200. The summed E-state index contributed by atoms with van der Waals surface area (Å²) >= 11 is 1.52. The fourth-order valence-electron chi connectivity index (χ4n) is 3.69. The first kappa shape index (κ1) is 23.8. The van der Waals surface area contributed by atoms with Crippen LogP contribution in [0.2, 0.25) is 0 Å². The first-order valence-corrected chi connectivity index (χ1v) is 13.3. The normalized spacial score (nSPS) is 15.7. The first-order valence-electron chi connectivity index (χ1n) is 10.7. The molecule has 0 saturated carbocycles. The van der Waals surface area contributed by atoms with Gasteiger partial charge in [0.05, 0.1) is 10.8 Å². The molecule has 1 heterocycles. The van der Waals surface area contributed by atoms with Crippen LogP contribution in [0.5, 0.6) is 0 Å². The molecule has 34 heavy (non-hydrogen) atoms. The predicted molar refractivity (Wildman–Crippen MR) is 136 cm³/mol. The Morgan fingerprint density at radius 1 is 0.971 bits per heavy atom. The molecule has 1 fully saturated rings. The molecule has 0 aromatic heterocycles. The summed E-state index contributed by atoms with van der Waals surface area (Å²) in [5.41, 5.74) is 3.54. The maximum atomic E-state index is 13.1. The highest BCUT2D eigenvalue weighted by Gasteiger charge is 2.35. The molecule has 7 nitrogen and oxygen atoms in total. The van der Waals surface area contributed by atoms with E-state index in [0.29, 0.717) is 22.9 Å². The molecular weight excluding hydrogens is 470 g/mol. The lowest BCUT2D eigenvalue weighted by molar-refractivity contribution is -0.119. The van der Waals surface area contributed by atoms with Gasteiger partial charge in [-0.25, -0.2) is 8.42 Å². The van der Waals surface area contributed by atoms with E-state index < -0.39 is 16.1 Å². The minimum absolute atomic E-state index is 0.155. The lowest BCUT2D eigenvalue weighted by Gasteiger charge is -2.23. The Labute approximate surface area is 203 Å². The number of nitrogens with zero attached hydrogens (tertiary/aromatic N) is 1. The molecule has 1 atom stereocenters. The Bertz CT molecular complexity index is 1310.